The molecular formula is C10H11F2NO. The van der Waals surface area contributed by atoms with Crippen LogP contribution in [0.1, 0.15) is 30.0 Å². The molecule has 4 heteroatoms. The minimum absolute atomic E-state index is 0.0497. The SMILES string of the molecule is FC(F)c1cccc(C2CCON2)c1. The Bertz CT molecular complexity index is 311. The highest BCUT2D eigenvalue weighted by molar-refractivity contribution is 5.26. The molecule has 0 aliphatic carbocycles. The zero-order valence-electron chi connectivity index (χ0n) is 7.54. The molecule has 2 rings (SSSR count). The van der Waals surface area contributed by atoms with Gasteiger partial charge in [-0.15, -0.1) is 0 Å². The molecule has 0 amide bonds. The molecule has 76 valence electrons. The van der Waals surface area contributed by atoms with Gasteiger partial charge in [0.05, 0.1) is 12.6 Å². The summed E-state index contributed by atoms with van der Waals surface area (Å²) < 4.78 is 24.8. The molecule has 1 aliphatic heterocycles. The lowest BCUT2D eigenvalue weighted by Gasteiger charge is -2.10. The fourth-order valence-corrected chi connectivity index (χ4v) is 1.54. The second kappa shape index (κ2) is 4.02. The molecule has 0 radical (unpaired) electrons. The third kappa shape index (κ3) is 1.91. The fraction of sp³-hybridized carbons (Fsp3) is 0.400. The lowest BCUT2D eigenvalue weighted by molar-refractivity contribution is 0.0881. The molecule has 2 nitrogen and oxygen atoms in total. The minimum atomic E-state index is -2.41. The number of hydroxylamine groups is 1. The van der Waals surface area contributed by atoms with Gasteiger partial charge in [-0.1, -0.05) is 18.2 Å². The number of nitrogens with one attached hydrogen (secondary N) is 1. The second-order valence-electron chi connectivity index (χ2n) is 3.28. The van der Waals surface area contributed by atoms with E-state index in [0.717, 1.165) is 12.0 Å². The summed E-state index contributed by atoms with van der Waals surface area (Å²) >= 11 is 0. The third-order valence-corrected chi connectivity index (χ3v) is 2.30. The first-order valence-electron chi connectivity index (χ1n) is 4.52. The average Bonchev–Trinajstić information content (AvgIpc) is 2.71. The van der Waals surface area contributed by atoms with E-state index in [0.29, 0.717) is 6.61 Å². The van der Waals surface area contributed by atoms with Crippen molar-refractivity contribution in [1.29, 1.82) is 0 Å². The highest BCUT2D eigenvalue weighted by Gasteiger charge is 2.18. The number of alkyl halides is 2. The molecule has 0 aromatic heterocycles. The predicted molar refractivity (Wildman–Crippen MR) is 47.8 cm³/mol. The molecule has 1 aromatic carbocycles. The first-order chi connectivity index (χ1) is 6.77. The molecule has 1 saturated heterocycles. The number of benzene rings is 1. The van der Waals surface area contributed by atoms with Crippen LogP contribution in [0.2, 0.25) is 0 Å². The molecule has 1 fully saturated rings. The van der Waals surface area contributed by atoms with E-state index in [1.165, 1.54) is 12.1 Å². The maximum Gasteiger partial charge on any atom is 0.263 e. The molecule has 0 spiro atoms. The van der Waals surface area contributed by atoms with E-state index in [1.807, 2.05) is 6.07 Å². The van der Waals surface area contributed by atoms with Gasteiger partial charge in [0.15, 0.2) is 0 Å². The van der Waals surface area contributed by atoms with Crippen molar-refractivity contribution in [2.45, 2.75) is 18.9 Å². The van der Waals surface area contributed by atoms with Gasteiger partial charge in [-0.25, -0.2) is 8.78 Å². The summed E-state index contributed by atoms with van der Waals surface area (Å²) in [7, 11) is 0. The van der Waals surface area contributed by atoms with E-state index in [9.17, 15) is 8.78 Å². The Morgan fingerprint density at radius 3 is 2.93 bits per heavy atom. The van der Waals surface area contributed by atoms with Gasteiger partial charge in [-0.3, -0.25) is 0 Å². The van der Waals surface area contributed by atoms with Crippen LogP contribution in [0, 0.1) is 0 Å². The van der Waals surface area contributed by atoms with Crippen LogP contribution in [0.25, 0.3) is 0 Å². The molecule has 0 saturated carbocycles. The van der Waals surface area contributed by atoms with Crippen LogP contribution < -0.4 is 5.48 Å². The van der Waals surface area contributed by atoms with E-state index in [-0.39, 0.29) is 11.6 Å². The van der Waals surface area contributed by atoms with Crippen LogP contribution in [0.4, 0.5) is 8.78 Å². The lowest BCUT2D eigenvalue weighted by atomic mass is 10.0. The Morgan fingerprint density at radius 1 is 1.43 bits per heavy atom. The van der Waals surface area contributed by atoms with Gasteiger partial charge in [-0.05, 0) is 18.1 Å². The van der Waals surface area contributed by atoms with Gasteiger partial charge in [0.2, 0.25) is 0 Å². The fourth-order valence-electron chi connectivity index (χ4n) is 1.54. The zero-order chi connectivity index (χ0) is 9.97. The molecule has 0 bridgehead atoms. The summed E-state index contributed by atoms with van der Waals surface area (Å²) in [6.45, 7) is 0.629. The minimum Gasteiger partial charge on any atom is -0.301 e. The molecule has 1 aliphatic rings. The van der Waals surface area contributed by atoms with E-state index >= 15 is 0 Å². The van der Waals surface area contributed by atoms with Gasteiger partial charge in [0.25, 0.3) is 6.43 Å². The van der Waals surface area contributed by atoms with Gasteiger partial charge in [0, 0.05) is 5.56 Å². The molecule has 1 unspecified atom stereocenters. The zero-order valence-corrected chi connectivity index (χ0v) is 7.54. The number of rotatable bonds is 2. The van der Waals surface area contributed by atoms with Crippen molar-refractivity contribution in [1.82, 2.24) is 5.48 Å². The Hall–Kier alpha value is -1.00. The standard InChI is InChI=1S/C10H11F2NO/c11-10(12)8-3-1-2-7(6-8)9-4-5-14-13-9/h1-3,6,9-10,13H,4-5H2. The van der Waals surface area contributed by atoms with Crippen molar-refractivity contribution in [3.63, 3.8) is 0 Å². The monoisotopic (exact) mass is 199 g/mol. The van der Waals surface area contributed by atoms with Crippen molar-refractivity contribution in [3.8, 4) is 0 Å². The summed E-state index contributed by atoms with van der Waals surface area (Å²) in [5, 5.41) is 0. The Morgan fingerprint density at radius 2 is 2.29 bits per heavy atom. The van der Waals surface area contributed by atoms with Crippen LogP contribution >= 0.6 is 0 Å². The summed E-state index contributed by atoms with van der Waals surface area (Å²) in [6.07, 6.45) is -1.58. The largest absolute Gasteiger partial charge is 0.301 e. The van der Waals surface area contributed by atoms with Gasteiger partial charge >= 0.3 is 0 Å². The molecule has 1 N–H and O–H groups in total. The Labute approximate surface area is 80.8 Å². The smallest absolute Gasteiger partial charge is 0.263 e. The van der Waals surface area contributed by atoms with E-state index in [1.54, 1.807) is 6.07 Å². The van der Waals surface area contributed by atoms with Crippen LogP contribution in [0.15, 0.2) is 24.3 Å². The molecule has 1 atom stereocenters. The van der Waals surface area contributed by atoms with E-state index in [2.05, 4.69) is 5.48 Å². The first-order valence-corrected chi connectivity index (χ1v) is 4.52. The van der Waals surface area contributed by atoms with Crippen molar-refractivity contribution >= 4 is 0 Å². The predicted octanol–water partition coefficient (Wildman–Crippen LogP) is 2.59. The van der Waals surface area contributed by atoms with Gasteiger partial charge in [-0.2, -0.15) is 5.48 Å². The quantitative estimate of drug-likeness (QED) is 0.790. The second-order valence-corrected chi connectivity index (χ2v) is 3.28. The van der Waals surface area contributed by atoms with Crippen LogP contribution in [0.5, 0.6) is 0 Å². The normalized spacial score (nSPS) is 21.8. The summed E-state index contributed by atoms with van der Waals surface area (Å²) in [4.78, 5) is 4.97. The average molecular weight is 199 g/mol. The summed E-state index contributed by atoms with van der Waals surface area (Å²) in [5.41, 5.74) is 3.72. The third-order valence-electron chi connectivity index (χ3n) is 2.30. The summed E-state index contributed by atoms with van der Waals surface area (Å²) in [5.74, 6) is 0. The van der Waals surface area contributed by atoms with Gasteiger partial charge in [0.1, 0.15) is 0 Å². The number of hydrogen-bond acceptors (Lipinski definition) is 2. The highest BCUT2D eigenvalue weighted by Crippen LogP contribution is 2.25. The van der Waals surface area contributed by atoms with E-state index in [4.69, 9.17) is 4.84 Å². The summed E-state index contributed by atoms with van der Waals surface area (Å²) in [6, 6.07) is 6.49. The van der Waals surface area contributed by atoms with Gasteiger partial charge < -0.3 is 4.84 Å². The molecule has 14 heavy (non-hydrogen) atoms. The lowest BCUT2D eigenvalue weighted by Crippen LogP contribution is -2.11. The number of hydrogen-bond donors (Lipinski definition) is 1. The highest BCUT2D eigenvalue weighted by atomic mass is 19.3. The van der Waals surface area contributed by atoms with Crippen LogP contribution in [-0.2, 0) is 4.84 Å². The number of halogens is 2. The topological polar surface area (TPSA) is 21.3 Å². The van der Waals surface area contributed by atoms with E-state index < -0.39 is 6.43 Å². The first kappa shape index (κ1) is 9.55. The van der Waals surface area contributed by atoms with Crippen LogP contribution in [0.3, 0.4) is 0 Å². The molecular weight excluding hydrogens is 188 g/mol. The Balaban J connectivity index is 2.21. The van der Waals surface area contributed by atoms with Crippen molar-refractivity contribution in [2.24, 2.45) is 0 Å². The molecule has 1 aromatic rings. The maximum atomic E-state index is 12.4. The van der Waals surface area contributed by atoms with Crippen molar-refractivity contribution < 1.29 is 13.6 Å². The van der Waals surface area contributed by atoms with Crippen LogP contribution in [-0.4, -0.2) is 6.61 Å². The Kier molecular flexibility index (Phi) is 2.74. The van der Waals surface area contributed by atoms with Crippen molar-refractivity contribution in [2.75, 3.05) is 6.61 Å². The molecule has 1 heterocycles. The maximum absolute atomic E-state index is 12.4. The van der Waals surface area contributed by atoms with Crippen molar-refractivity contribution in [3.05, 3.63) is 35.4 Å².